The van der Waals surface area contributed by atoms with Crippen molar-refractivity contribution in [2.75, 3.05) is 6.54 Å². The summed E-state index contributed by atoms with van der Waals surface area (Å²) in [6, 6.07) is 13.3. The van der Waals surface area contributed by atoms with E-state index in [1.54, 1.807) is 4.90 Å². The molecule has 3 rings (SSSR count). The second-order valence-electron chi connectivity index (χ2n) is 5.78. The first-order chi connectivity index (χ1) is 12.6. The van der Waals surface area contributed by atoms with Gasteiger partial charge >= 0.3 is 5.69 Å². The molecule has 2 aromatic heterocycles. The predicted molar refractivity (Wildman–Crippen MR) is 102 cm³/mol. The van der Waals surface area contributed by atoms with Crippen LogP contribution < -0.4 is 11.2 Å². The van der Waals surface area contributed by atoms with E-state index in [0.717, 1.165) is 15.0 Å². The number of aromatic amines is 1. The first-order valence-corrected chi connectivity index (χ1v) is 9.16. The van der Waals surface area contributed by atoms with Crippen molar-refractivity contribution in [2.24, 2.45) is 0 Å². The Morgan fingerprint density at radius 1 is 1.15 bits per heavy atom. The fourth-order valence-corrected chi connectivity index (χ4v) is 3.36. The molecular formula is C19H19N3O3S. The molecule has 1 N–H and O–H groups in total. The number of carbonyl (C=O) groups is 1. The topological polar surface area (TPSA) is 75.2 Å². The van der Waals surface area contributed by atoms with Gasteiger partial charge in [0.25, 0.3) is 11.5 Å². The summed E-state index contributed by atoms with van der Waals surface area (Å²) in [5, 5.41) is 1.88. The van der Waals surface area contributed by atoms with Crippen LogP contribution in [0.3, 0.4) is 0 Å². The van der Waals surface area contributed by atoms with E-state index in [9.17, 15) is 14.4 Å². The van der Waals surface area contributed by atoms with Gasteiger partial charge < -0.3 is 9.88 Å². The molecule has 0 aliphatic carbocycles. The quantitative estimate of drug-likeness (QED) is 0.724. The molecule has 6 nitrogen and oxygen atoms in total. The van der Waals surface area contributed by atoms with Crippen LogP contribution in [0.15, 0.2) is 63.6 Å². The molecule has 0 radical (unpaired) electrons. The molecule has 0 saturated heterocycles. The van der Waals surface area contributed by atoms with E-state index in [2.05, 4.69) is 4.98 Å². The van der Waals surface area contributed by atoms with Crippen molar-refractivity contribution in [1.29, 1.82) is 0 Å². The van der Waals surface area contributed by atoms with E-state index in [-0.39, 0.29) is 12.1 Å². The van der Waals surface area contributed by atoms with Gasteiger partial charge in [-0.3, -0.25) is 14.2 Å². The van der Waals surface area contributed by atoms with Crippen molar-refractivity contribution in [2.45, 2.75) is 20.0 Å². The summed E-state index contributed by atoms with van der Waals surface area (Å²) in [6.07, 6.45) is 1.21. The second kappa shape index (κ2) is 7.97. The summed E-state index contributed by atoms with van der Waals surface area (Å²) in [4.78, 5) is 42.6. The Balaban J connectivity index is 1.91. The summed E-state index contributed by atoms with van der Waals surface area (Å²) < 4.78 is 1.06. The summed E-state index contributed by atoms with van der Waals surface area (Å²) in [5.41, 5.74) is -0.144. The van der Waals surface area contributed by atoms with Gasteiger partial charge in [0.05, 0.1) is 6.54 Å². The number of benzene rings is 1. The van der Waals surface area contributed by atoms with E-state index in [4.69, 9.17) is 0 Å². The van der Waals surface area contributed by atoms with Crippen LogP contribution in [0.5, 0.6) is 0 Å². The maximum Gasteiger partial charge on any atom is 0.328 e. The van der Waals surface area contributed by atoms with Gasteiger partial charge in [-0.1, -0.05) is 36.4 Å². The van der Waals surface area contributed by atoms with Crippen LogP contribution in [0.2, 0.25) is 0 Å². The molecule has 0 saturated carbocycles. The predicted octanol–water partition coefficient (Wildman–Crippen LogP) is 2.31. The average molecular weight is 369 g/mol. The fraction of sp³-hybridized carbons (Fsp3) is 0.211. The SMILES string of the molecule is CCN(Cc1ccccc1)C(=O)c1c[nH]c(=O)n(Cc2cccs2)c1=O. The first kappa shape index (κ1) is 17.9. The smallest absolute Gasteiger partial charge is 0.328 e. The van der Waals surface area contributed by atoms with E-state index < -0.39 is 17.2 Å². The Kier molecular flexibility index (Phi) is 5.48. The Labute approximate surface area is 154 Å². The van der Waals surface area contributed by atoms with Gasteiger partial charge in [0.15, 0.2) is 0 Å². The van der Waals surface area contributed by atoms with Crippen LogP contribution in [-0.4, -0.2) is 26.9 Å². The Bertz CT molecular complexity index is 991. The van der Waals surface area contributed by atoms with Gasteiger partial charge in [0.2, 0.25) is 0 Å². The van der Waals surface area contributed by atoms with Gasteiger partial charge in [-0.25, -0.2) is 4.79 Å². The molecule has 0 aliphatic heterocycles. The number of amides is 1. The van der Waals surface area contributed by atoms with Crippen LogP contribution in [0.25, 0.3) is 0 Å². The zero-order valence-electron chi connectivity index (χ0n) is 14.3. The third-order valence-corrected chi connectivity index (χ3v) is 4.93. The van der Waals surface area contributed by atoms with Crippen molar-refractivity contribution in [3.05, 3.63) is 90.9 Å². The molecule has 1 aromatic carbocycles. The third-order valence-electron chi connectivity index (χ3n) is 4.07. The molecule has 134 valence electrons. The normalized spacial score (nSPS) is 10.7. The molecule has 0 aliphatic rings. The maximum atomic E-state index is 12.9. The largest absolute Gasteiger partial charge is 0.334 e. The minimum Gasteiger partial charge on any atom is -0.334 e. The van der Waals surface area contributed by atoms with Crippen LogP contribution in [0.1, 0.15) is 27.7 Å². The van der Waals surface area contributed by atoms with Crippen molar-refractivity contribution < 1.29 is 4.79 Å². The lowest BCUT2D eigenvalue weighted by Gasteiger charge is -2.21. The number of nitrogens with one attached hydrogen (secondary N) is 1. The van der Waals surface area contributed by atoms with Crippen molar-refractivity contribution in [3.8, 4) is 0 Å². The Morgan fingerprint density at radius 2 is 1.92 bits per heavy atom. The van der Waals surface area contributed by atoms with Crippen LogP contribution in [-0.2, 0) is 13.1 Å². The molecule has 7 heteroatoms. The lowest BCUT2D eigenvalue weighted by atomic mass is 10.2. The number of rotatable bonds is 6. The highest BCUT2D eigenvalue weighted by molar-refractivity contribution is 7.09. The van der Waals surface area contributed by atoms with Crippen LogP contribution >= 0.6 is 11.3 Å². The van der Waals surface area contributed by atoms with Crippen molar-refractivity contribution in [1.82, 2.24) is 14.5 Å². The lowest BCUT2D eigenvalue weighted by Crippen LogP contribution is -2.42. The summed E-state index contributed by atoms with van der Waals surface area (Å²) in [7, 11) is 0. The second-order valence-corrected chi connectivity index (χ2v) is 6.82. The molecule has 0 unspecified atom stereocenters. The highest BCUT2D eigenvalue weighted by Gasteiger charge is 2.20. The first-order valence-electron chi connectivity index (χ1n) is 8.28. The Hall–Kier alpha value is -2.93. The number of nitrogens with zero attached hydrogens (tertiary/aromatic N) is 2. The number of H-pyrrole nitrogens is 1. The Morgan fingerprint density at radius 3 is 2.58 bits per heavy atom. The molecule has 0 bridgehead atoms. The number of carbonyl (C=O) groups excluding carboxylic acids is 1. The molecular weight excluding hydrogens is 350 g/mol. The molecule has 3 aromatic rings. The number of hydrogen-bond donors (Lipinski definition) is 1. The molecule has 0 fully saturated rings. The number of thiophene rings is 1. The van der Waals surface area contributed by atoms with Crippen molar-refractivity contribution >= 4 is 17.2 Å². The summed E-state index contributed by atoms with van der Waals surface area (Å²) >= 11 is 1.45. The summed E-state index contributed by atoms with van der Waals surface area (Å²) in [5.74, 6) is -0.391. The zero-order valence-corrected chi connectivity index (χ0v) is 15.2. The van der Waals surface area contributed by atoms with E-state index in [0.29, 0.717) is 13.1 Å². The minimum atomic E-state index is -0.571. The van der Waals surface area contributed by atoms with Crippen LogP contribution in [0.4, 0.5) is 0 Å². The van der Waals surface area contributed by atoms with Gasteiger partial charge in [0.1, 0.15) is 5.56 Å². The number of hydrogen-bond acceptors (Lipinski definition) is 4. The maximum absolute atomic E-state index is 12.9. The van der Waals surface area contributed by atoms with E-state index >= 15 is 0 Å². The van der Waals surface area contributed by atoms with Crippen LogP contribution in [0, 0.1) is 0 Å². The standard InChI is InChI=1S/C19H19N3O3S/c1-2-21(12-14-7-4-3-5-8-14)17(23)16-11-20-19(25)22(18(16)24)13-15-9-6-10-26-15/h3-11H,2,12-13H2,1H3,(H,20,25). The number of aromatic nitrogens is 2. The van der Waals surface area contributed by atoms with Crippen molar-refractivity contribution in [3.63, 3.8) is 0 Å². The lowest BCUT2D eigenvalue weighted by molar-refractivity contribution is 0.0749. The van der Waals surface area contributed by atoms with Gasteiger partial charge in [0, 0.05) is 24.2 Å². The molecule has 2 heterocycles. The molecule has 0 atom stereocenters. The summed E-state index contributed by atoms with van der Waals surface area (Å²) in [6.45, 7) is 2.87. The fourth-order valence-electron chi connectivity index (χ4n) is 2.67. The zero-order chi connectivity index (χ0) is 18.5. The molecule has 26 heavy (non-hydrogen) atoms. The van der Waals surface area contributed by atoms with Gasteiger partial charge in [-0.2, -0.15) is 0 Å². The highest BCUT2D eigenvalue weighted by Crippen LogP contribution is 2.10. The minimum absolute atomic E-state index is 0.0288. The van der Waals surface area contributed by atoms with Gasteiger partial charge in [-0.05, 0) is 23.9 Å². The molecule has 1 amide bonds. The third kappa shape index (κ3) is 3.83. The van der Waals surface area contributed by atoms with Gasteiger partial charge in [-0.15, -0.1) is 11.3 Å². The monoisotopic (exact) mass is 369 g/mol. The highest BCUT2D eigenvalue weighted by atomic mass is 32.1. The molecule has 0 spiro atoms. The van der Waals surface area contributed by atoms with E-state index in [1.165, 1.54) is 17.5 Å². The van der Waals surface area contributed by atoms with E-state index in [1.807, 2.05) is 54.8 Å². The average Bonchev–Trinajstić information content (AvgIpc) is 3.17.